The largest absolute Gasteiger partial charge is 0.460 e. The van der Waals surface area contributed by atoms with E-state index >= 15 is 0 Å². The van der Waals surface area contributed by atoms with Gasteiger partial charge < -0.3 is 19.7 Å². The first-order valence-electron chi connectivity index (χ1n) is 8.02. The molecule has 2 bridgehead atoms. The molecular formula is C17H21NO5. The van der Waals surface area contributed by atoms with Crippen molar-refractivity contribution in [2.24, 2.45) is 0 Å². The fourth-order valence-corrected chi connectivity index (χ4v) is 4.03. The predicted molar refractivity (Wildman–Crippen MR) is 80.5 cm³/mol. The lowest BCUT2D eigenvalue weighted by Crippen LogP contribution is -2.50. The third-order valence-corrected chi connectivity index (χ3v) is 5.47. The van der Waals surface area contributed by atoms with E-state index in [9.17, 15) is 15.0 Å². The lowest BCUT2D eigenvalue weighted by Gasteiger charge is -2.38. The molecule has 0 spiro atoms. The maximum absolute atomic E-state index is 12.5. The lowest BCUT2D eigenvalue weighted by molar-refractivity contribution is -0.181. The van der Waals surface area contributed by atoms with Gasteiger partial charge in [0.15, 0.2) is 0 Å². The monoisotopic (exact) mass is 319 g/mol. The molecule has 124 valence electrons. The fourth-order valence-electron chi connectivity index (χ4n) is 4.03. The van der Waals surface area contributed by atoms with Crippen LogP contribution >= 0.6 is 0 Å². The summed E-state index contributed by atoms with van der Waals surface area (Å²) in [6, 6.07) is 8.98. The number of piperidine rings is 1. The third-order valence-electron chi connectivity index (χ3n) is 5.47. The Morgan fingerprint density at radius 2 is 1.91 bits per heavy atom. The van der Waals surface area contributed by atoms with Gasteiger partial charge in [-0.1, -0.05) is 30.3 Å². The van der Waals surface area contributed by atoms with E-state index in [-0.39, 0.29) is 30.4 Å². The Hall–Kier alpha value is -1.47. The number of aliphatic hydroxyl groups is 2. The Bertz CT molecular complexity index is 590. The van der Waals surface area contributed by atoms with Gasteiger partial charge in [-0.15, -0.1) is 0 Å². The zero-order chi connectivity index (χ0) is 16.2. The highest BCUT2D eigenvalue weighted by atomic mass is 16.6. The molecule has 1 aromatic carbocycles. The second-order valence-corrected chi connectivity index (χ2v) is 6.75. The Balaban J connectivity index is 1.47. The molecule has 2 N–H and O–H groups in total. The van der Waals surface area contributed by atoms with Crippen LogP contribution < -0.4 is 0 Å². The summed E-state index contributed by atoms with van der Waals surface area (Å²) in [5, 5.41) is 20.2. The number of ether oxygens (including phenoxy) is 2. The molecule has 3 saturated heterocycles. The first-order chi connectivity index (χ1) is 11.0. The number of nitrogens with zero attached hydrogens (tertiary/aromatic N) is 1. The highest BCUT2D eigenvalue weighted by Gasteiger charge is 2.63. The zero-order valence-electron chi connectivity index (χ0n) is 13.0. The minimum atomic E-state index is -2.01. The van der Waals surface area contributed by atoms with Crippen molar-refractivity contribution < 1.29 is 24.5 Å². The van der Waals surface area contributed by atoms with Crippen molar-refractivity contribution in [3.63, 3.8) is 0 Å². The number of epoxide rings is 1. The van der Waals surface area contributed by atoms with E-state index in [0.717, 1.165) is 0 Å². The molecule has 2 unspecified atom stereocenters. The number of carbonyl (C=O) groups excluding carboxylic acids is 1. The number of rotatable bonds is 4. The Morgan fingerprint density at radius 1 is 1.30 bits per heavy atom. The minimum absolute atomic E-state index is 0.244. The van der Waals surface area contributed by atoms with Crippen LogP contribution in [0.15, 0.2) is 30.3 Å². The third kappa shape index (κ3) is 2.29. The molecule has 3 heterocycles. The zero-order valence-corrected chi connectivity index (χ0v) is 13.0. The number of hydrogen-bond acceptors (Lipinski definition) is 6. The summed E-state index contributed by atoms with van der Waals surface area (Å²) in [5.74, 6) is -0.783. The van der Waals surface area contributed by atoms with Gasteiger partial charge in [0, 0.05) is 24.9 Å². The molecule has 3 fully saturated rings. The fraction of sp³-hybridized carbons (Fsp3) is 0.588. The van der Waals surface area contributed by atoms with E-state index < -0.39 is 18.2 Å². The van der Waals surface area contributed by atoms with Gasteiger partial charge >= 0.3 is 5.97 Å². The molecule has 1 aromatic rings. The van der Waals surface area contributed by atoms with Crippen LogP contribution in [0, 0.1) is 0 Å². The predicted octanol–water partition coefficient (Wildman–Crippen LogP) is 0.0221. The topological polar surface area (TPSA) is 82.5 Å². The Kier molecular flexibility index (Phi) is 3.46. The first-order valence-corrected chi connectivity index (χ1v) is 8.02. The van der Waals surface area contributed by atoms with Gasteiger partial charge in [-0.25, -0.2) is 4.79 Å². The maximum atomic E-state index is 12.5. The average Bonchev–Trinajstić information content (AvgIpc) is 3.33. The average molecular weight is 319 g/mol. The van der Waals surface area contributed by atoms with Crippen LogP contribution in [-0.4, -0.2) is 65.1 Å². The van der Waals surface area contributed by atoms with Crippen molar-refractivity contribution in [1.82, 2.24) is 4.90 Å². The van der Waals surface area contributed by atoms with E-state index in [1.165, 1.54) is 0 Å². The number of morpholine rings is 1. The van der Waals surface area contributed by atoms with Crippen LogP contribution in [0.25, 0.3) is 0 Å². The standard InChI is InChI=1S/C17H21NO5/c1-18-12-7-11(8-13(18)15-14(12)23-15)22-16(20)17(21,9-19)10-5-3-2-4-6-10/h2-6,11-15,19,21H,7-9H2,1H3/t11?,12-,13+,14-,15+,17?. The van der Waals surface area contributed by atoms with Crippen LogP contribution in [0.3, 0.4) is 0 Å². The van der Waals surface area contributed by atoms with Gasteiger partial charge in [-0.2, -0.15) is 0 Å². The molecule has 6 nitrogen and oxygen atoms in total. The van der Waals surface area contributed by atoms with Crippen LogP contribution in [0.4, 0.5) is 0 Å². The van der Waals surface area contributed by atoms with E-state index in [0.29, 0.717) is 18.4 Å². The summed E-state index contributed by atoms with van der Waals surface area (Å²) in [4.78, 5) is 14.8. The van der Waals surface area contributed by atoms with E-state index in [1.807, 2.05) is 0 Å². The molecule has 0 saturated carbocycles. The van der Waals surface area contributed by atoms with Gasteiger partial charge in [-0.3, -0.25) is 4.90 Å². The summed E-state index contributed by atoms with van der Waals surface area (Å²) >= 11 is 0. The molecule has 0 radical (unpaired) electrons. The number of carbonyl (C=O) groups is 1. The van der Waals surface area contributed by atoms with Crippen molar-refractivity contribution in [1.29, 1.82) is 0 Å². The first kappa shape index (κ1) is 15.1. The van der Waals surface area contributed by atoms with Crippen LogP contribution in [0.5, 0.6) is 0 Å². The van der Waals surface area contributed by atoms with Crippen LogP contribution in [-0.2, 0) is 19.9 Å². The second kappa shape index (κ2) is 5.27. The lowest BCUT2D eigenvalue weighted by atomic mass is 9.94. The molecular weight excluding hydrogens is 298 g/mol. The SMILES string of the molecule is CN1[C@@H]2CC(OC(=O)C(O)(CO)c3ccccc3)C[C@H]1[C@@H]1O[C@@H]12. The molecule has 0 aromatic heterocycles. The Morgan fingerprint density at radius 3 is 2.48 bits per heavy atom. The van der Waals surface area contributed by atoms with Gasteiger partial charge in [0.05, 0.1) is 6.61 Å². The molecule has 6 atom stereocenters. The molecule has 23 heavy (non-hydrogen) atoms. The minimum Gasteiger partial charge on any atom is -0.460 e. The van der Waals surface area contributed by atoms with Crippen molar-refractivity contribution >= 4 is 5.97 Å². The van der Waals surface area contributed by atoms with Crippen molar-refractivity contribution in [2.45, 2.75) is 48.8 Å². The number of esters is 1. The maximum Gasteiger partial charge on any atom is 0.345 e. The van der Waals surface area contributed by atoms with Crippen molar-refractivity contribution in [2.75, 3.05) is 13.7 Å². The second-order valence-electron chi connectivity index (χ2n) is 6.75. The number of likely N-dealkylation sites (N-methyl/N-ethyl adjacent to an activating group) is 1. The number of hydrogen-bond donors (Lipinski definition) is 2. The van der Waals surface area contributed by atoms with Crippen molar-refractivity contribution in [3.05, 3.63) is 35.9 Å². The van der Waals surface area contributed by atoms with Crippen LogP contribution in [0.1, 0.15) is 18.4 Å². The molecule has 3 aliphatic rings. The van der Waals surface area contributed by atoms with E-state index in [1.54, 1.807) is 30.3 Å². The summed E-state index contributed by atoms with van der Waals surface area (Å²) in [5.41, 5.74) is -1.67. The quantitative estimate of drug-likeness (QED) is 0.601. The number of benzene rings is 1. The van der Waals surface area contributed by atoms with Crippen molar-refractivity contribution in [3.8, 4) is 0 Å². The normalized spacial score (nSPS) is 37.8. The highest BCUT2D eigenvalue weighted by molar-refractivity contribution is 5.81. The molecule has 0 aliphatic carbocycles. The Labute approximate surface area is 134 Å². The van der Waals surface area contributed by atoms with Gasteiger partial charge in [0.25, 0.3) is 0 Å². The van der Waals surface area contributed by atoms with Crippen LogP contribution in [0.2, 0.25) is 0 Å². The highest BCUT2D eigenvalue weighted by Crippen LogP contribution is 2.48. The summed E-state index contributed by atoms with van der Waals surface area (Å²) in [7, 11) is 2.08. The molecule has 6 heteroatoms. The summed E-state index contributed by atoms with van der Waals surface area (Å²) in [6.07, 6.45) is 1.69. The van der Waals surface area contributed by atoms with Gasteiger partial charge in [-0.05, 0) is 12.6 Å². The van der Waals surface area contributed by atoms with Gasteiger partial charge in [0.2, 0.25) is 5.60 Å². The van der Waals surface area contributed by atoms with E-state index in [2.05, 4.69) is 11.9 Å². The smallest absolute Gasteiger partial charge is 0.345 e. The van der Waals surface area contributed by atoms with Gasteiger partial charge in [0.1, 0.15) is 18.3 Å². The number of fused-ring (bicyclic) bond motifs is 5. The van der Waals surface area contributed by atoms with E-state index in [4.69, 9.17) is 9.47 Å². The summed E-state index contributed by atoms with van der Waals surface area (Å²) in [6.45, 7) is -0.705. The molecule has 4 rings (SSSR count). The molecule has 3 aliphatic heterocycles. The molecule has 0 amide bonds. The number of aliphatic hydroxyl groups excluding tert-OH is 1. The summed E-state index contributed by atoms with van der Waals surface area (Å²) < 4.78 is 11.2.